The number of aliphatic hydroxyl groups excluding tert-OH is 2. The summed E-state index contributed by atoms with van der Waals surface area (Å²) in [5.41, 5.74) is 0. The number of nitrogens with zero attached hydrogens (tertiary/aromatic N) is 1. The second kappa shape index (κ2) is 18.2. The van der Waals surface area contributed by atoms with Gasteiger partial charge in [-0.15, -0.1) is 0 Å². The lowest BCUT2D eigenvalue weighted by Gasteiger charge is -2.22. The maximum absolute atomic E-state index is 9.06. The molecule has 0 spiro atoms. The average molecular weight is 332 g/mol. The first kappa shape index (κ1) is 22.8. The smallest absolute Gasteiger partial charge is 0.164 e. The summed E-state index contributed by atoms with van der Waals surface area (Å²) < 4.78 is 0. The van der Waals surface area contributed by atoms with Crippen molar-refractivity contribution in [3.8, 4) is 0 Å². The van der Waals surface area contributed by atoms with Crippen molar-refractivity contribution in [3.63, 3.8) is 0 Å². The molecule has 0 aromatic heterocycles. The van der Waals surface area contributed by atoms with Gasteiger partial charge in [-0.1, -0.05) is 77.6 Å². The molecule has 0 atom stereocenters. The van der Waals surface area contributed by atoms with Crippen LogP contribution in [0.15, 0.2) is 0 Å². The maximum Gasteiger partial charge on any atom is 0.164 e. The molecule has 4 nitrogen and oxygen atoms in total. The summed E-state index contributed by atoms with van der Waals surface area (Å²) in [4.78, 5) is 2.04. The van der Waals surface area contributed by atoms with Crippen molar-refractivity contribution in [2.75, 3.05) is 26.2 Å². The van der Waals surface area contributed by atoms with Crippen LogP contribution < -0.4 is 0 Å². The fourth-order valence-electron chi connectivity index (χ4n) is 3.00. The average Bonchev–Trinajstić information content (AvgIpc) is 2.52. The van der Waals surface area contributed by atoms with Gasteiger partial charge in [-0.05, 0) is 19.4 Å². The number of aliphatic hydroxyl groups is 3. The van der Waals surface area contributed by atoms with Gasteiger partial charge in [-0.25, -0.2) is 0 Å². The van der Waals surface area contributed by atoms with Crippen molar-refractivity contribution >= 4 is 0 Å². The van der Waals surface area contributed by atoms with Crippen LogP contribution in [0, 0.1) is 0 Å². The van der Waals surface area contributed by atoms with Crippen molar-refractivity contribution in [1.82, 2.24) is 4.90 Å². The molecule has 0 aliphatic rings. The minimum atomic E-state index is -1.27. The molecular weight excluding hydrogens is 290 g/mol. The molecule has 3 N–H and O–H groups in total. The molecule has 0 aromatic carbocycles. The first-order valence-electron chi connectivity index (χ1n) is 9.90. The predicted octanol–water partition coefficient (Wildman–Crippen LogP) is 3.68. The van der Waals surface area contributed by atoms with Crippen LogP contribution in [-0.4, -0.2) is 52.8 Å². The van der Waals surface area contributed by atoms with Crippen molar-refractivity contribution in [3.05, 3.63) is 0 Å². The van der Waals surface area contributed by atoms with E-state index in [1.54, 1.807) is 0 Å². The fourth-order valence-corrected chi connectivity index (χ4v) is 3.00. The van der Waals surface area contributed by atoms with Crippen molar-refractivity contribution in [2.24, 2.45) is 0 Å². The van der Waals surface area contributed by atoms with Crippen molar-refractivity contribution < 1.29 is 15.3 Å². The van der Waals surface area contributed by atoms with E-state index in [2.05, 4.69) is 6.92 Å². The van der Waals surface area contributed by atoms with E-state index in [-0.39, 0.29) is 13.2 Å². The Kier molecular flexibility index (Phi) is 18.1. The van der Waals surface area contributed by atoms with E-state index in [1.807, 2.05) is 4.90 Å². The highest BCUT2D eigenvalue weighted by Crippen LogP contribution is 2.12. The summed E-state index contributed by atoms with van der Waals surface area (Å²) in [7, 11) is 0. The lowest BCUT2D eigenvalue weighted by atomic mass is 10.1. The molecule has 0 aliphatic carbocycles. The molecule has 0 bridgehead atoms. The van der Waals surface area contributed by atoms with Gasteiger partial charge < -0.3 is 15.3 Å². The van der Waals surface area contributed by atoms with E-state index in [0.717, 1.165) is 19.5 Å². The third-order valence-electron chi connectivity index (χ3n) is 4.38. The highest BCUT2D eigenvalue weighted by atomic mass is 16.5. The fraction of sp³-hybridized carbons (Fsp3) is 1.00. The predicted molar refractivity (Wildman–Crippen MR) is 97.4 cm³/mol. The first-order chi connectivity index (χ1) is 11.2. The quantitative estimate of drug-likeness (QED) is 0.265. The monoisotopic (exact) mass is 331 g/mol. The summed E-state index contributed by atoms with van der Waals surface area (Å²) in [5.74, 6) is 0. The van der Waals surface area contributed by atoms with E-state index in [1.165, 1.54) is 70.6 Å². The van der Waals surface area contributed by atoms with Crippen molar-refractivity contribution in [1.29, 1.82) is 0 Å². The standard InChI is InChI=1S/C19H41NO3/c1-2-3-4-5-6-7-8-9-10-11-12-13-15-20(16-14-17-21)18-19(22)23/h19,21-23H,2-18H2,1H3. The molecule has 0 radical (unpaired) electrons. The molecule has 4 heteroatoms. The second-order valence-electron chi connectivity index (χ2n) is 6.75. The molecule has 0 aliphatic heterocycles. The topological polar surface area (TPSA) is 63.9 Å². The summed E-state index contributed by atoms with van der Waals surface area (Å²) in [6.07, 6.45) is 15.4. The van der Waals surface area contributed by atoms with Gasteiger partial charge in [0.1, 0.15) is 0 Å². The van der Waals surface area contributed by atoms with Crippen LogP contribution in [0.25, 0.3) is 0 Å². The van der Waals surface area contributed by atoms with E-state index in [9.17, 15) is 0 Å². The van der Waals surface area contributed by atoms with Gasteiger partial charge in [0.05, 0.1) is 0 Å². The lowest BCUT2D eigenvalue weighted by molar-refractivity contribution is -0.0619. The third kappa shape index (κ3) is 18.0. The minimum Gasteiger partial charge on any atom is -0.396 e. The molecule has 0 heterocycles. The van der Waals surface area contributed by atoms with Crippen LogP contribution in [0.1, 0.15) is 90.4 Å². The van der Waals surface area contributed by atoms with Gasteiger partial charge in [-0.3, -0.25) is 4.90 Å². The van der Waals surface area contributed by atoms with Crippen LogP contribution >= 0.6 is 0 Å². The Bertz CT molecular complexity index is 225. The van der Waals surface area contributed by atoms with Gasteiger partial charge >= 0.3 is 0 Å². The van der Waals surface area contributed by atoms with E-state index in [4.69, 9.17) is 15.3 Å². The summed E-state index contributed by atoms with van der Waals surface area (Å²) in [6, 6.07) is 0. The molecule has 0 unspecified atom stereocenters. The third-order valence-corrected chi connectivity index (χ3v) is 4.38. The van der Waals surface area contributed by atoms with Gasteiger partial charge in [0.2, 0.25) is 0 Å². The SMILES string of the molecule is CCCCCCCCCCCCCCN(CCCO)CC(O)O. The Hall–Kier alpha value is -0.160. The summed E-state index contributed by atoms with van der Waals surface area (Å²) in [5, 5.41) is 27.0. The maximum atomic E-state index is 9.06. The highest BCUT2D eigenvalue weighted by molar-refractivity contribution is 4.59. The molecule has 0 amide bonds. The Morgan fingerprint density at radius 2 is 1.09 bits per heavy atom. The highest BCUT2D eigenvalue weighted by Gasteiger charge is 2.08. The van der Waals surface area contributed by atoms with Gasteiger partial charge in [0.15, 0.2) is 6.29 Å². The van der Waals surface area contributed by atoms with Crippen LogP contribution in [0.3, 0.4) is 0 Å². The molecule has 0 fully saturated rings. The molecule has 0 rings (SSSR count). The number of hydrogen-bond acceptors (Lipinski definition) is 4. The Labute approximate surface area is 143 Å². The van der Waals surface area contributed by atoms with Gasteiger partial charge in [-0.2, -0.15) is 0 Å². The molecule has 23 heavy (non-hydrogen) atoms. The van der Waals surface area contributed by atoms with Gasteiger partial charge in [0.25, 0.3) is 0 Å². The molecule has 0 saturated carbocycles. The van der Waals surface area contributed by atoms with Crippen LogP contribution in [0.2, 0.25) is 0 Å². The minimum absolute atomic E-state index is 0.163. The molecular formula is C19H41NO3. The van der Waals surface area contributed by atoms with E-state index in [0.29, 0.717) is 6.42 Å². The van der Waals surface area contributed by atoms with Crippen LogP contribution in [-0.2, 0) is 0 Å². The number of hydrogen-bond donors (Lipinski definition) is 3. The number of unbranched alkanes of at least 4 members (excludes halogenated alkanes) is 11. The molecule has 140 valence electrons. The van der Waals surface area contributed by atoms with E-state index < -0.39 is 6.29 Å². The Morgan fingerprint density at radius 3 is 1.52 bits per heavy atom. The van der Waals surface area contributed by atoms with Crippen LogP contribution in [0.5, 0.6) is 0 Å². The van der Waals surface area contributed by atoms with Gasteiger partial charge in [0, 0.05) is 19.7 Å². The molecule has 0 saturated heterocycles. The molecule has 0 aromatic rings. The zero-order valence-electron chi connectivity index (χ0n) is 15.4. The normalized spacial score (nSPS) is 11.7. The Morgan fingerprint density at radius 1 is 0.652 bits per heavy atom. The van der Waals surface area contributed by atoms with Crippen molar-refractivity contribution in [2.45, 2.75) is 96.7 Å². The summed E-state index contributed by atoms with van der Waals surface area (Å²) in [6.45, 7) is 4.35. The van der Waals surface area contributed by atoms with E-state index >= 15 is 0 Å². The van der Waals surface area contributed by atoms with Crippen LogP contribution in [0.4, 0.5) is 0 Å². The Balaban J connectivity index is 3.35. The largest absolute Gasteiger partial charge is 0.396 e. The lowest BCUT2D eigenvalue weighted by Crippen LogP contribution is -2.34. The second-order valence-corrected chi connectivity index (χ2v) is 6.75. The number of rotatable bonds is 18. The summed E-state index contributed by atoms with van der Waals surface area (Å²) >= 11 is 0. The zero-order chi connectivity index (χ0) is 17.2. The zero-order valence-corrected chi connectivity index (χ0v) is 15.4. The first-order valence-corrected chi connectivity index (χ1v) is 9.90.